The van der Waals surface area contributed by atoms with Gasteiger partial charge in [-0.1, -0.05) is 0 Å². The Kier molecular flexibility index (Phi) is 3.56. The van der Waals surface area contributed by atoms with Crippen LogP contribution in [-0.2, 0) is 0 Å². The fourth-order valence-electron chi connectivity index (χ4n) is 2.41. The number of carbonyl (C=O) groups excluding carboxylic acids is 1. The van der Waals surface area contributed by atoms with Gasteiger partial charge in [0.15, 0.2) is 5.82 Å². The molecule has 100 valence electrons. The lowest BCUT2D eigenvalue weighted by molar-refractivity contribution is 0.0897. The van der Waals surface area contributed by atoms with Gasteiger partial charge in [0.2, 0.25) is 0 Å². The highest BCUT2D eigenvalue weighted by Gasteiger charge is 2.25. The van der Waals surface area contributed by atoms with Crippen molar-refractivity contribution >= 4 is 11.7 Å². The minimum absolute atomic E-state index is 0.125. The number of hydrogen-bond acceptors (Lipinski definition) is 4. The van der Waals surface area contributed by atoms with E-state index in [1.165, 1.54) is 0 Å². The predicted molar refractivity (Wildman–Crippen MR) is 70.3 cm³/mol. The van der Waals surface area contributed by atoms with Gasteiger partial charge in [0.05, 0.1) is 0 Å². The smallest absolute Gasteiger partial charge is 0.257 e. The average molecular weight is 251 g/mol. The van der Waals surface area contributed by atoms with Crippen LogP contribution in [0.1, 0.15) is 35.8 Å². The molecule has 1 saturated heterocycles. The quantitative estimate of drug-likeness (QED) is 0.715. The molecule has 1 aliphatic rings. The average Bonchev–Trinajstić information content (AvgIpc) is 2.64. The lowest BCUT2D eigenvalue weighted by Gasteiger charge is -2.35. The van der Waals surface area contributed by atoms with Gasteiger partial charge < -0.3 is 16.0 Å². The van der Waals surface area contributed by atoms with Crippen molar-refractivity contribution in [3.63, 3.8) is 0 Å². The lowest BCUT2D eigenvalue weighted by atomic mass is 9.98. The summed E-state index contributed by atoms with van der Waals surface area (Å²) in [5, 5.41) is 9.62. The van der Waals surface area contributed by atoms with Gasteiger partial charge in [-0.05, 0) is 33.7 Å². The molecule has 0 spiro atoms. The molecule has 2 atom stereocenters. The minimum atomic E-state index is -0.125. The maximum Gasteiger partial charge on any atom is 0.257 e. The molecule has 6 nitrogen and oxygen atoms in total. The van der Waals surface area contributed by atoms with Crippen LogP contribution in [0.5, 0.6) is 0 Å². The van der Waals surface area contributed by atoms with Crippen molar-refractivity contribution < 1.29 is 4.79 Å². The summed E-state index contributed by atoms with van der Waals surface area (Å²) in [6.45, 7) is 4.98. The van der Waals surface area contributed by atoms with Crippen molar-refractivity contribution in [1.29, 1.82) is 0 Å². The fourth-order valence-corrected chi connectivity index (χ4v) is 2.41. The van der Waals surface area contributed by atoms with E-state index < -0.39 is 0 Å². The van der Waals surface area contributed by atoms with E-state index in [-0.39, 0.29) is 17.8 Å². The summed E-state index contributed by atoms with van der Waals surface area (Å²) >= 11 is 0. The molecule has 6 heteroatoms. The van der Waals surface area contributed by atoms with Gasteiger partial charge in [-0.15, -0.1) is 0 Å². The van der Waals surface area contributed by atoms with E-state index in [0.29, 0.717) is 17.3 Å². The minimum Gasteiger partial charge on any atom is -0.382 e. The number of aromatic amines is 1. The van der Waals surface area contributed by atoms with E-state index in [4.69, 9.17) is 5.73 Å². The Hall–Kier alpha value is -1.56. The van der Waals surface area contributed by atoms with Crippen LogP contribution in [0.4, 0.5) is 5.82 Å². The summed E-state index contributed by atoms with van der Waals surface area (Å²) in [5.41, 5.74) is 6.87. The SMILES string of the molecule is Cc1[nH]nc(N)c1C(=O)NC1CCN(C)C(C)C1. The standard InChI is InChI=1S/C12H21N5O/c1-7-6-9(4-5-17(7)3)14-12(18)10-8(2)15-16-11(10)13/h7,9H,4-6H2,1-3H3,(H,14,18)(H3,13,15,16). The Bertz CT molecular complexity index is 422. The van der Waals surface area contributed by atoms with Crippen molar-refractivity contribution in [3.05, 3.63) is 11.3 Å². The molecule has 2 heterocycles. The van der Waals surface area contributed by atoms with Gasteiger partial charge in [0, 0.05) is 24.3 Å². The van der Waals surface area contributed by atoms with Crippen molar-refractivity contribution in [2.75, 3.05) is 19.3 Å². The van der Waals surface area contributed by atoms with Crippen LogP contribution >= 0.6 is 0 Å². The third-order valence-electron chi connectivity index (χ3n) is 3.75. The van der Waals surface area contributed by atoms with Gasteiger partial charge in [-0.3, -0.25) is 9.89 Å². The van der Waals surface area contributed by atoms with Gasteiger partial charge in [-0.2, -0.15) is 5.10 Å². The number of piperidine rings is 1. The molecule has 1 aromatic rings. The maximum atomic E-state index is 12.1. The molecule has 1 amide bonds. The fraction of sp³-hybridized carbons (Fsp3) is 0.667. The number of nitrogens with two attached hydrogens (primary N) is 1. The number of H-pyrrole nitrogens is 1. The Morgan fingerprint density at radius 2 is 2.33 bits per heavy atom. The first-order valence-electron chi connectivity index (χ1n) is 6.30. The Labute approximate surface area is 107 Å². The second-order valence-electron chi connectivity index (χ2n) is 5.13. The number of nitrogen functional groups attached to an aromatic ring is 1. The molecule has 2 rings (SSSR count). The van der Waals surface area contributed by atoms with E-state index in [9.17, 15) is 4.79 Å². The number of anilines is 1. The predicted octanol–water partition coefficient (Wildman–Crippen LogP) is 0.513. The van der Waals surface area contributed by atoms with E-state index in [1.807, 2.05) is 0 Å². The Balaban J connectivity index is 2.00. The third kappa shape index (κ3) is 2.48. The molecule has 18 heavy (non-hydrogen) atoms. The summed E-state index contributed by atoms with van der Waals surface area (Å²) in [5.74, 6) is 0.145. The summed E-state index contributed by atoms with van der Waals surface area (Å²) in [4.78, 5) is 14.4. The van der Waals surface area contributed by atoms with E-state index in [1.54, 1.807) is 6.92 Å². The second-order valence-corrected chi connectivity index (χ2v) is 5.13. The molecule has 1 aliphatic heterocycles. The number of aromatic nitrogens is 2. The summed E-state index contributed by atoms with van der Waals surface area (Å²) in [6.07, 6.45) is 1.95. The van der Waals surface area contributed by atoms with E-state index in [2.05, 4.69) is 34.4 Å². The molecule has 0 aromatic carbocycles. The molecule has 0 radical (unpaired) electrons. The Morgan fingerprint density at radius 3 is 2.89 bits per heavy atom. The largest absolute Gasteiger partial charge is 0.382 e. The first-order chi connectivity index (χ1) is 8.49. The normalized spacial score (nSPS) is 25.1. The molecule has 1 fully saturated rings. The molecule has 4 N–H and O–H groups in total. The number of nitrogens with zero attached hydrogens (tertiary/aromatic N) is 2. The highest BCUT2D eigenvalue weighted by molar-refractivity contribution is 5.99. The molecule has 0 aliphatic carbocycles. The van der Waals surface area contributed by atoms with Gasteiger partial charge in [-0.25, -0.2) is 0 Å². The lowest BCUT2D eigenvalue weighted by Crippen LogP contribution is -2.47. The number of likely N-dealkylation sites (tertiary alicyclic amines) is 1. The molecule has 1 aromatic heterocycles. The number of carbonyl (C=O) groups is 1. The van der Waals surface area contributed by atoms with Gasteiger partial charge >= 0.3 is 0 Å². The zero-order valence-corrected chi connectivity index (χ0v) is 11.2. The molecule has 0 bridgehead atoms. The number of aryl methyl sites for hydroxylation is 1. The van der Waals surface area contributed by atoms with Crippen LogP contribution in [0.3, 0.4) is 0 Å². The highest BCUT2D eigenvalue weighted by Crippen LogP contribution is 2.17. The van der Waals surface area contributed by atoms with Crippen molar-refractivity contribution in [3.8, 4) is 0 Å². The van der Waals surface area contributed by atoms with Crippen LogP contribution in [0, 0.1) is 6.92 Å². The first kappa shape index (κ1) is 12.9. The zero-order valence-electron chi connectivity index (χ0n) is 11.2. The van der Waals surface area contributed by atoms with Crippen LogP contribution in [0.15, 0.2) is 0 Å². The van der Waals surface area contributed by atoms with Crippen LogP contribution in [0.2, 0.25) is 0 Å². The van der Waals surface area contributed by atoms with Gasteiger partial charge in [0.25, 0.3) is 5.91 Å². The van der Waals surface area contributed by atoms with Crippen LogP contribution in [0.25, 0.3) is 0 Å². The van der Waals surface area contributed by atoms with E-state index >= 15 is 0 Å². The second kappa shape index (κ2) is 4.97. The number of hydrogen-bond donors (Lipinski definition) is 3. The van der Waals surface area contributed by atoms with Crippen molar-refractivity contribution in [2.24, 2.45) is 0 Å². The van der Waals surface area contributed by atoms with Crippen molar-refractivity contribution in [2.45, 2.75) is 38.8 Å². The van der Waals surface area contributed by atoms with Crippen LogP contribution < -0.4 is 11.1 Å². The molecule has 2 unspecified atom stereocenters. The Morgan fingerprint density at radius 1 is 1.61 bits per heavy atom. The highest BCUT2D eigenvalue weighted by atomic mass is 16.1. The molecular formula is C12H21N5O. The number of nitrogens with one attached hydrogen (secondary N) is 2. The molecular weight excluding hydrogens is 230 g/mol. The monoisotopic (exact) mass is 251 g/mol. The maximum absolute atomic E-state index is 12.1. The third-order valence-corrected chi connectivity index (χ3v) is 3.75. The zero-order chi connectivity index (χ0) is 13.3. The first-order valence-corrected chi connectivity index (χ1v) is 6.30. The molecule has 0 saturated carbocycles. The van der Waals surface area contributed by atoms with Crippen LogP contribution in [-0.4, -0.2) is 46.7 Å². The van der Waals surface area contributed by atoms with Crippen molar-refractivity contribution in [1.82, 2.24) is 20.4 Å². The topological polar surface area (TPSA) is 87.0 Å². The number of amides is 1. The summed E-state index contributed by atoms with van der Waals surface area (Å²) in [6, 6.07) is 0.712. The summed E-state index contributed by atoms with van der Waals surface area (Å²) < 4.78 is 0. The van der Waals surface area contributed by atoms with Gasteiger partial charge in [0.1, 0.15) is 5.56 Å². The number of rotatable bonds is 2. The summed E-state index contributed by atoms with van der Waals surface area (Å²) in [7, 11) is 2.11. The van der Waals surface area contributed by atoms with E-state index in [0.717, 1.165) is 19.4 Å².